The van der Waals surface area contributed by atoms with Crippen molar-refractivity contribution in [3.63, 3.8) is 0 Å². The zero-order valence-corrected chi connectivity index (χ0v) is 13.1. The molecule has 0 saturated heterocycles. The van der Waals surface area contributed by atoms with Crippen molar-refractivity contribution in [3.05, 3.63) is 35.9 Å². The molecule has 4 nitrogen and oxygen atoms in total. The summed E-state index contributed by atoms with van der Waals surface area (Å²) in [4.78, 5) is 16.6. The van der Waals surface area contributed by atoms with Gasteiger partial charge in [0, 0.05) is 24.5 Å². The predicted molar refractivity (Wildman–Crippen MR) is 87.7 cm³/mol. The number of aliphatic hydroxyl groups is 1. The maximum absolute atomic E-state index is 12.1. The molecule has 1 amide bonds. The fraction of sp³-hybridized carbons (Fsp3) is 0.500. The largest absolute Gasteiger partial charge is 0.396 e. The molecular weight excluding hydrogens is 284 g/mol. The summed E-state index contributed by atoms with van der Waals surface area (Å²) in [5, 5.41) is 12.8. The first-order valence-electron chi connectivity index (χ1n) is 7.35. The third kappa shape index (κ3) is 4.86. The standard InChI is InChI=1S/C16H22N2O2S/c1-12(10-19)6-5-9-17-15(20)14-11-21-16(18-14)13-7-3-2-4-8-13/h2-4,7-8,12,14,19H,5-6,9-11H2,1H3,(H,17,20). The Kier molecular flexibility index (Phi) is 6.26. The van der Waals surface area contributed by atoms with Crippen molar-refractivity contribution in [2.45, 2.75) is 25.8 Å². The minimum Gasteiger partial charge on any atom is -0.396 e. The van der Waals surface area contributed by atoms with E-state index >= 15 is 0 Å². The van der Waals surface area contributed by atoms with Gasteiger partial charge in [-0.1, -0.05) is 37.3 Å². The number of hydrogen-bond donors (Lipinski definition) is 2. The van der Waals surface area contributed by atoms with Crippen molar-refractivity contribution in [2.75, 3.05) is 18.9 Å². The van der Waals surface area contributed by atoms with Gasteiger partial charge in [-0.2, -0.15) is 0 Å². The Morgan fingerprint density at radius 3 is 2.95 bits per heavy atom. The van der Waals surface area contributed by atoms with Crippen LogP contribution in [0.4, 0.5) is 0 Å². The molecule has 1 aromatic rings. The first-order chi connectivity index (χ1) is 10.2. The van der Waals surface area contributed by atoms with E-state index in [0.717, 1.165) is 23.4 Å². The number of aliphatic imine (C=N–C) groups is 1. The molecule has 2 atom stereocenters. The summed E-state index contributed by atoms with van der Waals surface area (Å²) >= 11 is 1.64. The maximum Gasteiger partial charge on any atom is 0.245 e. The van der Waals surface area contributed by atoms with Gasteiger partial charge in [0.15, 0.2) is 0 Å². The summed E-state index contributed by atoms with van der Waals surface area (Å²) < 4.78 is 0. The summed E-state index contributed by atoms with van der Waals surface area (Å²) in [5.74, 6) is 1.01. The Balaban J connectivity index is 1.78. The predicted octanol–water partition coefficient (Wildman–Crippen LogP) is 2.07. The van der Waals surface area contributed by atoms with Gasteiger partial charge in [-0.05, 0) is 18.8 Å². The second-order valence-corrected chi connectivity index (χ2v) is 6.36. The number of nitrogens with zero attached hydrogens (tertiary/aromatic N) is 1. The van der Waals surface area contributed by atoms with Crippen molar-refractivity contribution < 1.29 is 9.90 Å². The molecule has 5 heteroatoms. The van der Waals surface area contributed by atoms with Gasteiger partial charge in [0.05, 0.1) is 5.04 Å². The lowest BCUT2D eigenvalue weighted by Crippen LogP contribution is -2.34. The molecule has 2 unspecified atom stereocenters. The number of benzene rings is 1. The smallest absolute Gasteiger partial charge is 0.245 e. The van der Waals surface area contributed by atoms with Crippen molar-refractivity contribution in [2.24, 2.45) is 10.9 Å². The van der Waals surface area contributed by atoms with E-state index in [2.05, 4.69) is 10.3 Å². The zero-order chi connectivity index (χ0) is 15.1. The second-order valence-electron chi connectivity index (χ2n) is 5.35. The Morgan fingerprint density at radius 2 is 2.24 bits per heavy atom. The molecular formula is C16H22N2O2S. The molecule has 1 aromatic carbocycles. The number of rotatable bonds is 7. The normalized spacial score (nSPS) is 19.1. The minimum atomic E-state index is -0.277. The Morgan fingerprint density at radius 1 is 1.48 bits per heavy atom. The number of thioether (sulfide) groups is 1. The van der Waals surface area contributed by atoms with Crippen molar-refractivity contribution in [3.8, 4) is 0 Å². The number of carbonyl (C=O) groups excluding carboxylic acids is 1. The topological polar surface area (TPSA) is 61.7 Å². The molecule has 1 aliphatic rings. The van der Waals surface area contributed by atoms with Crippen LogP contribution in [0.2, 0.25) is 0 Å². The number of hydrogen-bond acceptors (Lipinski definition) is 4. The number of aliphatic hydroxyl groups excluding tert-OH is 1. The molecule has 0 saturated carbocycles. The van der Waals surface area contributed by atoms with E-state index < -0.39 is 0 Å². The summed E-state index contributed by atoms with van der Waals surface area (Å²) in [5.41, 5.74) is 1.08. The molecule has 2 rings (SSSR count). The quantitative estimate of drug-likeness (QED) is 0.758. The van der Waals surface area contributed by atoms with Gasteiger partial charge in [-0.3, -0.25) is 9.79 Å². The Labute approximate surface area is 130 Å². The van der Waals surface area contributed by atoms with Crippen molar-refractivity contribution in [1.29, 1.82) is 0 Å². The first kappa shape index (κ1) is 16.0. The molecule has 1 heterocycles. The van der Waals surface area contributed by atoms with Crippen LogP contribution in [-0.2, 0) is 4.79 Å². The van der Waals surface area contributed by atoms with Crippen LogP contribution in [0.3, 0.4) is 0 Å². The van der Waals surface area contributed by atoms with Gasteiger partial charge in [-0.25, -0.2) is 0 Å². The van der Waals surface area contributed by atoms with Crippen LogP contribution in [0.15, 0.2) is 35.3 Å². The lowest BCUT2D eigenvalue weighted by molar-refractivity contribution is -0.121. The number of amides is 1. The van der Waals surface area contributed by atoms with Crippen LogP contribution in [0.25, 0.3) is 0 Å². The Hall–Kier alpha value is -1.33. The summed E-state index contributed by atoms with van der Waals surface area (Å²) in [6.45, 7) is 2.87. The fourth-order valence-electron chi connectivity index (χ4n) is 2.12. The minimum absolute atomic E-state index is 0.00471. The zero-order valence-electron chi connectivity index (χ0n) is 12.3. The van der Waals surface area contributed by atoms with Gasteiger partial charge in [-0.15, -0.1) is 11.8 Å². The highest BCUT2D eigenvalue weighted by atomic mass is 32.2. The van der Waals surface area contributed by atoms with Crippen molar-refractivity contribution >= 4 is 22.7 Å². The van der Waals surface area contributed by atoms with Gasteiger partial charge < -0.3 is 10.4 Å². The molecule has 2 N–H and O–H groups in total. The maximum atomic E-state index is 12.1. The second kappa shape index (κ2) is 8.20. The van der Waals surface area contributed by atoms with E-state index in [1.165, 1.54) is 0 Å². The molecule has 0 spiro atoms. The highest BCUT2D eigenvalue weighted by Crippen LogP contribution is 2.23. The molecule has 0 aromatic heterocycles. The van der Waals surface area contributed by atoms with E-state index in [4.69, 9.17) is 5.11 Å². The summed E-state index contributed by atoms with van der Waals surface area (Å²) in [6, 6.07) is 9.69. The van der Waals surface area contributed by atoms with E-state index in [1.54, 1.807) is 11.8 Å². The van der Waals surface area contributed by atoms with Gasteiger partial charge in [0.1, 0.15) is 6.04 Å². The SMILES string of the molecule is CC(CO)CCCNC(=O)C1CSC(c2ccccc2)=N1. The van der Waals surface area contributed by atoms with Gasteiger partial charge in [0.25, 0.3) is 0 Å². The van der Waals surface area contributed by atoms with E-state index in [9.17, 15) is 4.79 Å². The van der Waals surface area contributed by atoms with Crippen molar-refractivity contribution in [1.82, 2.24) is 5.32 Å². The average Bonchev–Trinajstić information content (AvgIpc) is 3.02. The highest BCUT2D eigenvalue weighted by Gasteiger charge is 2.25. The third-order valence-corrected chi connectivity index (χ3v) is 4.56. The third-order valence-electron chi connectivity index (χ3n) is 3.46. The average molecular weight is 306 g/mol. The number of nitrogens with one attached hydrogen (secondary N) is 1. The van der Waals surface area contributed by atoms with Crippen LogP contribution in [-0.4, -0.2) is 41.0 Å². The van der Waals surface area contributed by atoms with Crippen LogP contribution < -0.4 is 5.32 Å². The molecule has 0 fully saturated rings. The van der Waals surface area contributed by atoms with E-state index in [-0.39, 0.29) is 18.6 Å². The number of carbonyl (C=O) groups is 1. The van der Waals surface area contributed by atoms with E-state index in [0.29, 0.717) is 18.2 Å². The highest BCUT2D eigenvalue weighted by molar-refractivity contribution is 8.14. The van der Waals surface area contributed by atoms with E-state index in [1.807, 2.05) is 37.3 Å². The summed E-state index contributed by atoms with van der Waals surface area (Å²) in [7, 11) is 0. The molecule has 21 heavy (non-hydrogen) atoms. The van der Waals surface area contributed by atoms with Crippen LogP contribution in [0, 0.1) is 5.92 Å². The molecule has 0 bridgehead atoms. The van der Waals surface area contributed by atoms with Gasteiger partial charge >= 0.3 is 0 Å². The lowest BCUT2D eigenvalue weighted by atomic mass is 10.1. The molecule has 0 aliphatic carbocycles. The van der Waals surface area contributed by atoms with Gasteiger partial charge in [0.2, 0.25) is 5.91 Å². The lowest BCUT2D eigenvalue weighted by Gasteiger charge is -2.10. The Bertz CT molecular complexity index is 490. The fourth-order valence-corrected chi connectivity index (χ4v) is 3.16. The van der Waals surface area contributed by atoms with Crippen LogP contribution >= 0.6 is 11.8 Å². The summed E-state index contributed by atoms with van der Waals surface area (Å²) in [6.07, 6.45) is 1.82. The van der Waals surface area contributed by atoms with Crippen LogP contribution in [0.5, 0.6) is 0 Å². The molecule has 0 radical (unpaired) electrons. The van der Waals surface area contributed by atoms with Crippen LogP contribution in [0.1, 0.15) is 25.3 Å². The molecule has 114 valence electrons. The monoisotopic (exact) mass is 306 g/mol. The first-order valence-corrected chi connectivity index (χ1v) is 8.34. The molecule has 1 aliphatic heterocycles.